The number of aryl methyl sites for hydroxylation is 1. The van der Waals surface area contributed by atoms with E-state index in [9.17, 15) is 31.6 Å². The number of nitrogens with zero attached hydrogens (tertiary/aromatic N) is 1. The Morgan fingerprint density at radius 1 is 1.14 bits per heavy atom. The molecule has 2 aromatic rings. The van der Waals surface area contributed by atoms with Gasteiger partial charge in [0.15, 0.2) is 15.9 Å². The van der Waals surface area contributed by atoms with Gasteiger partial charge in [0, 0.05) is 6.26 Å². The van der Waals surface area contributed by atoms with Crippen LogP contribution in [0.1, 0.15) is 50.3 Å². The van der Waals surface area contributed by atoms with E-state index in [-0.39, 0.29) is 16.4 Å². The molecule has 2 aromatic carbocycles. The van der Waals surface area contributed by atoms with Crippen molar-refractivity contribution in [3.63, 3.8) is 0 Å². The standard InChI is InChI=1S/C26H30F3N3O3S/c1-16(2)13-22(32-25(15-30)11-12-25)24(33)31-23(26(27,28)29)19-7-5-18(6-8-19)21-10-9-20(14-17(21)3)36(4,34)35/h5-10,14,16,22-23,32H,11-13H2,1-4H3,(H,31,33)/t22-,23-/m0/s1. The van der Waals surface area contributed by atoms with Gasteiger partial charge in [0.25, 0.3) is 0 Å². The van der Waals surface area contributed by atoms with Crippen molar-refractivity contribution in [1.82, 2.24) is 10.6 Å². The van der Waals surface area contributed by atoms with Crippen molar-refractivity contribution < 1.29 is 26.4 Å². The number of hydrogen-bond acceptors (Lipinski definition) is 5. The lowest BCUT2D eigenvalue weighted by molar-refractivity contribution is -0.164. The summed E-state index contributed by atoms with van der Waals surface area (Å²) in [6.45, 7) is 5.45. The molecule has 36 heavy (non-hydrogen) atoms. The number of nitrogens with one attached hydrogen (secondary N) is 2. The predicted molar refractivity (Wildman–Crippen MR) is 131 cm³/mol. The molecule has 0 unspecified atom stereocenters. The number of alkyl halides is 3. The minimum atomic E-state index is -4.74. The maximum absolute atomic E-state index is 14.0. The molecule has 6 nitrogen and oxygen atoms in total. The van der Waals surface area contributed by atoms with E-state index in [0.717, 1.165) is 6.26 Å². The van der Waals surface area contributed by atoms with Crippen LogP contribution in [0.25, 0.3) is 11.1 Å². The Balaban J connectivity index is 1.85. The van der Waals surface area contributed by atoms with Crippen LogP contribution < -0.4 is 10.6 Å². The molecule has 1 aliphatic rings. The van der Waals surface area contributed by atoms with Crippen LogP contribution in [0.5, 0.6) is 0 Å². The first-order valence-electron chi connectivity index (χ1n) is 11.6. The number of carbonyl (C=O) groups excluding carboxylic acids is 1. The van der Waals surface area contributed by atoms with Crippen LogP contribution in [-0.2, 0) is 14.6 Å². The van der Waals surface area contributed by atoms with E-state index >= 15 is 0 Å². The van der Waals surface area contributed by atoms with Crippen LogP contribution in [0.15, 0.2) is 47.4 Å². The van der Waals surface area contributed by atoms with Crippen molar-refractivity contribution >= 4 is 15.7 Å². The average molecular weight is 522 g/mol. The SMILES string of the molecule is Cc1cc(S(C)(=O)=O)ccc1-c1ccc([C@H](NC(=O)[C@H](CC(C)C)NC2(C#N)CC2)C(F)(F)F)cc1. The van der Waals surface area contributed by atoms with E-state index < -0.39 is 39.5 Å². The number of halogens is 3. The number of nitriles is 1. The van der Waals surface area contributed by atoms with Gasteiger partial charge in [-0.2, -0.15) is 18.4 Å². The third kappa shape index (κ3) is 6.65. The molecule has 0 aliphatic heterocycles. The van der Waals surface area contributed by atoms with Gasteiger partial charge in [0.05, 0.1) is 17.0 Å². The second-order valence-corrected chi connectivity index (χ2v) is 11.9. The number of rotatable bonds is 9. The number of carbonyl (C=O) groups is 1. The van der Waals surface area contributed by atoms with Crippen LogP contribution in [0.4, 0.5) is 13.2 Å². The predicted octanol–water partition coefficient (Wildman–Crippen LogP) is 4.85. The topological polar surface area (TPSA) is 99.1 Å². The summed E-state index contributed by atoms with van der Waals surface area (Å²) in [4.78, 5) is 13.1. The van der Waals surface area contributed by atoms with Gasteiger partial charge >= 0.3 is 6.18 Å². The van der Waals surface area contributed by atoms with Crippen molar-refractivity contribution in [2.75, 3.05) is 6.26 Å². The van der Waals surface area contributed by atoms with Crippen LogP contribution in [0.2, 0.25) is 0 Å². The second-order valence-electron chi connectivity index (χ2n) is 9.87. The summed E-state index contributed by atoms with van der Waals surface area (Å²) in [5.41, 5.74) is 0.994. The fourth-order valence-electron chi connectivity index (χ4n) is 4.09. The van der Waals surface area contributed by atoms with Crippen molar-refractivity contribution in [1.29, 1.82) is 5.26 Å². The van der Waals surface area contributed by atoms with Crippen LogP contribution >= 0.6 is 0 Å². The van der Waals surface area contributed by atoms with Gasteiger partial charge in [-0.1, -0.05) is 44.2 Å². The summed E-state index contributed by atoms with van der Waals surface area (Å²) in [5.74, 6) is -0.771. The van der Waals surface area contributed by atoms with Crippen molar-refractivity contribution in [2.45, 2.75) is 68.7 Å². The molecular formula is C26H30F3N3O3S. The van der Waals surface area contributed by atoms with E-state index in [4.69, 9.17) is 0 Å². The molecule has 0 heterocycles. The van der Waals surface area contributed by atoms with E-state index in [1.165, 1.54) is 36.4 Å². The van der Waals surface area contributed by atoms with E-state index in [1.54, 1.807) is 13.0 Å². The number of hydrogen-bond donors (Lipinski definition) is 2. The molecule has 1 saturated carbocycles. The first kappa shape index (κ1) is 27.7. The summed E-state index contributed by atoms with van der Waals surface area (Å²) in [7, 11) is -3.38. The van der Waals surface area contributed by atoms with Gasteiger partial charge in [-0.3, -0.25) is 10.1 Å². The van der Waals surface area contributed by atoms with Crippen molar-refractivity contribution in [3.8, 4) is 17.2 Å². The minimum absolute atomic E-state index is 0.0312. The molecule has 1 amide bonds. The number of benzene rings is 2. The second kappa shape index (κ2) is 10.2. The summed E-state index contributed by atoms with van der Waals surface area (Å²) < 4.78 is 65.6. The van der Waals surface area contributed by atoms with Gasteiger partial charge in [-0.05, 0) is 66.5 Å². The largest absolute Gasteiger partial charge is 0.412 e. The first-order chi connectivity index (χ1) is 16.6. The van der Waals surface area contributed by atoms with Gasteiger partial charge in [-0.25, -0.2) is 8.42 Å². The summed E-state index contributed by atoms with van der Waals surface area (Å²) >= 11 is 0. The van der Waals surface area contributed by atoms with Gasteiger partial charge in [0.1, 0.15) is 5.54 Å². The highest BCUT2D eigenvalue weighted by atomic mass is 32.2. The molecule has 2 atom stereocenters. The average Bonchev–Trinajstić information content (AvgIpc) is 3.55. The molecule has 3 rings (SSSR count). The Hall–Kier alpha value is -2.90. The first-order valence-corrected chi connectivity index (χ1v) is 13.5. The highest BCUT2D eigenvalue weighted by Gasteiger charge is 2.47. The van der Waals surface area contributed by atoms with Crippen LogP contribution in [0, 0.1) is 24.2 Å². The van der Waals surface area contributed by atoms with Crippen molar-refractivity contribution in [2.24, 2.45) is 5.92 Å². The van der Waals surface area contributed by atoms with Crippen molar-refractivity contribution in [3.05, 3.63) is 53.6 Å². The Morgan fingerprint density at radius 3 is 2.19 bits per heavy atom. The third-order valence-electron chi connectivity index (χ3n) is 6.23. The summed E-state index contributed by atoms with van der Waals surface area (Å²) in [5, 5.41) is 14.5. The molecule has 0 aromatic heterocycles. The van der Waals surface area contributed by atoms with E-state index in [1.807, 2.05) is 13.8 Å². The zero-order valence-corrected chi connectivity index (χ0v) is 21.4. The zero-order chi connectivity index (χ0) is 26.9. The van der Waals surface area contributed by atoms with Crippen LogP contribution in [-0.4, -0.2) is 38.3 Å². The Labute approximate surface area is 209 Å². The fraction of sp³-hybridized carbons (Fsp3) is 0.462. The molecule has 2 N–H and O–H groups in total. The summed E-state index contributed by atoms with van der Waals surface area (Å²) in [6, 6.07) is 9.21. The van der Waals surface area contributed by atoms with E-state index in [0.29, 0.717) is 36.0 Å². The Kier molecular flexibility index (Phi) is 7.86. The summed E-state index contributed by atoms with van der Waals surface area (Å²) in [6.07, 6.45) is -2.23. The zero-order valence-electron chi connectivity index (χ0n) is 20.6. The molecule has 10 heteroatoms. The fourth-order valence-corrected chi connectivity index (χ4v) is 4.80. The third-order valence-corrected chi connectivity index (χ3v) is 7.34. The molecule has 1 aliphatic carbocycles. The minimum Gasteiger partial charge on any atom is -0.339 e. The molecule has 0 radical (unpaired) electrons. The monoisotopic (exact) mass is 521 g/mol. The molecule has 0 saturated heterocycles. The maximum Gasteiger partial charge on any atom is 0.412 e. The number of amides is 1. The molecule has 1 fully saturated rings. The highest BCUT2D eigenvalue weighted by Crippen LogP contribution is 2.37. The highest BCUT2D eigenvalue weighted by molar-refractivity contribution is 7.90. The lowest BCUT2D eigenvalue weighted by Crippen LogP contribution is -2.52. The van der Waals surface area contributed by atoms with Crippen LogP contribution in [0.3, 0.4) is 0 Å². The van der Waals surface area contributed by atoms with Gasteiger partial charge < -0.3 is 5.32 Å². The lowest BCUT2D eigenvalue weighted by atomic mass is 9.97. The quantitative estimate of drug-likeness (QED) is 0.492. The molecule has 194 valence electrons. The van der Waals surface area contributed by atoms with E-state index in [2.05, 4.69) is 16.7 Å². The smallest absolute Gasteiger partial charge is 0.339 e. The molecule has 0 bridgehead atoms. The normalized spacial score (nSPS) is 16.8. The Bertz CT molecular complexity index is 1260. The molecular weight excluding hydrogens is 491 g/mol. The maximum atomic E-state index is 14.0. The Morgan fingerprint density at radius 2 is 1.75 bits per heavy atom. The van der Waals surface area contributed by atoms with Gasteiger partial charge in [0.2, 0.25) is 5.91 Å². The lowest BCUT2D eigenvalue weighted by Gasteiger charge is -2.27. The number of sulfone groups is 1. The molecule has 0 spiro atoms. The van der Waals surface area contributed by atoms with Gasteiger partial charge in [-0.15, -0.1) is 0 Å².